The number of methoxy groups -OCH3 is 1. The molecule has 35 heavy (non-hydrogen) atoms. The molecule has 0 aromatic heterocycles. The van der Waals surface area contributed by atoms with Gasteiger partial charge in [0.25, 0.3) is 0 Å². The van der Waals surface area contributed by atoms with Crippen LogP contribution in [0, 0.1) is 5.82 Å². The Morgan fingerprint density at radius 2 is 1.86 bits per heavy atom. The van der Waals surface area contributed by atoms with Crippen molar-refractivity contribution in [3.63, 3.8) is 0 Å². The molecule has 0 saturated heterocycles. The largest absolute Gasteiger partial charge is 0.497 e. The number of rotatable bonds is 11. The van der Waals surface area contributed by atoms with E-state index in [1.54, 1.807) is 31.2 Å². The average molecular weight is 528 g/mol. The molecule has 1 N–H and O–H groups in total. The van der Waals surface area contributed by atoms with E-state index in [0.717, 1.165) is 22.7 Å². The summed E-state index contributed by atoms with van der Waals surface area (Å²) in [6.07, 6.45) is 1.24. The molecule has 0 aliphatic carbocycles. The van der Waals surface area contributed by atoms with E-state index in [9.17, 15) is 22.4 Å². The van der Waals surface area contributed by atoms with Gasteiger partial charge in [0, 0.05) is 12.6 Å². The van der Waals surface area contributed by atoms with Crippen LogP contribution in [0.25, 0.3) is 0 Å². The van der Waals surface area contributed by atoms with E-state index < -0.39 is 34.3 Å². The number of amides is 2. The fourth-order valence-electron chi connectivity index (χ4n) is 3.52. The van der Waals surface area contributed by atoms with Crippen LogP contribution in [-0.4, -0.2) is 57.1 Å². The molecule has 0 aliphatic heterocycles. The van der Waals surface area contributed by atoms with Crippen molar-refractivity contribution in [3.05, 3.63) is 58.9 Å². The second-order valence-electron chi connectivity index (χ2n) is 8.33. The van der Waals surface area contributed by atoms with E-state index >= 15 is 0 Å². The summed E-state index contributed by atoms with van der Waals surface area (Å²) in [5.74, 6) is -1.10. The van der Waals surface area contributed by atoms with E-state index in [-0.39, 0.29) is 29.2 Å². The van der Waals surface area contributed by atoms with Gasteiger partial charge < -0.3 is 15.0 Å². The second kappa shape index (κ2) is 12.2. The third kappa shape index (κ3) is 7.83. The molecule has 0 bridgehead atoms. The van der Waals surface area contributed by atoms with Crippen molar-refractivity contribution in [3.8, 4) is 5.75 Å². The van der Waals surface area contributed by atoms with E-state index in [4.69, 9.17) is 16.3 Å². The molecule has 1 atom stereocenters. The zero-order valence-electron chi connectivity index (χ0n) is 20.4. The van der Waals surface area contributed by atoms with Crippen molar-refractivity contribution in [1.82, 2.24) is 10.2 Å². The van der Waals surface area contributed by atoms with Crippen molar-refractivity contribution in [2.75, 3.05) is 24.2 Å². The Balaban J connectivity index is 2.47. The maximum absolute atomic E-state index is 13.7. The first kappa shape index (κ1) is 28.4. The summed E-state index contributed by atoms with van der Waals surface area (Å²) in [5.41, 5.74) is 0.734. The first-order valence-corrected chi connectivity index (χ1v) is 13.3. The number of nitrogens with one attached hydrogen (secondary N) is 1. The summed E-state index contributed by atoms with van der Waals surface area (Å²) in [7, 11) is -2.43. The Morgan fingerprint density at radius 3 is 2.40 bits per heavy atom. The molecule has 0 saturated carbocycles. The molecule has 0 radical (unpaired) electrons. The van der Waals surface area contributed by atoms with Gasteiger partial charge in [0.05, 0.1) is 24.1 Å². The highest BCUT2D eigenvalue weighted by Crippen LogP contribution is 2.25. The lowest BCUT2D eigenvalue weighted by molar-refractivity contribution is -0.140. The molecule has 0 aliphatic rings. The Labute approximate surface area is 211 Å². The zero-order chi connectivity index (χ0) is 26.3. The molecular weight excluding hydrogens is 497 g/mol. The van der Waals surface area contributed by atoms with Crippen LogP contribution in [0.3, 0.4) is 0 Å². The fraction of sp³-hybridized carbons (Fsp3) is 0.417. The van der Waals surface area contributed by atoms with E-state index in [2.05, 4.69) is 5.32 Å². The van der Waals surface area contributed by atoms with Crippen LogP contribution in [0.2, 0.25) is 5.02 Å². The van der Waals surface area contributed by atoms with Gasteiger partial charge in [-0.15, -0.1) is 0 Å². The molecule has 0 heterocycles. The summed E-state index contributed by atoms with van der Waals surface area (Å²) in [6.45, 7) is 4.83. The lowest BCUT2D eigenvalue weighted by atomic mass is 10.1. The van der Waals surface area contributed by atoms with Crippen molar-refractivity contribution >= 4 is 39.1 Å². The SMILES string of the molecule is CC[C@H](C(=O)NC(C)C)N(Cc1cccc(OC)c1)C(=O)CN(c1ccc(F)c(Cl)c1)S(C)(=O)=O. The first-order valence-electron chi connectivity index (χ1n) is 11.0. The van der Waals surface area contributed by atoms with Gasteiger partial charge in [-0.2, -0.15) is 0 Å². The highest BCUT2D eigenvalue weighted by Gasteiger charge is 2.32. The summed E-state index contributed by atoms with van der Waals surface area (Å²) in [5, 5.41) is 2.54. The van der Waals surface area contributed by atoms with Crippen molar-refractivity contribution in [1.29, 1.82) is 0 Å². The lowest BCUT2D eigenvalue weighted by Gasteiger charge is -2.33. The van der Waals surface area contributed by atoms with Crippen molar-refractivity contribution in [2.45, 2.75) is 45.8 Å². The number of anilines is 1. The standard InChI is InChI=1S/C24H31ClFN3O5S/c1-6-22(24(31)27-16(2)3)28(14-17-8-7-9-19(12-17)34-4)23(30)15-29(35(5,32)33)18-10-11-21(26)20(25)13-18/h7-13,16,22H,6,14-15H2,1-5H3,(H,27,31)/t22-/m1/s1. The van der Waals surface area contributed by atoms with Crippen molar-refractivity contribution in [2.24, 2.45) is 0 Å². The number of sulfonamides is 1. The number of carbonyl (C=O) groups excluding carboxylic acids is 2. The van der Waals surface area contributed by atoms with Gasteiger partial charge in [0.15, 0.2) is 0 Å². The summed E-state index contributed by atoms with van der Waals surface area (Å²) >= 11 is 5.85. The molecular formula is C24H31ClFN3O5S. The Morgan fingerprint density at radius 1 is 1.17 bits per heavy atom. The number of ether oxygens (including phenoxy) is 1. The fourth-order valence-corrected chi connectivity index (χ4v) is 4.54. The van der Waals surface area contributed by atoms with Gasteiger partial charge in [0.1, 0.15) is 24.2 Å². The van der Waals surface area contributed by atoms with Crippen LogP contribution in [0.4, 0.5) is 10.1 Å². The minimum Gasteiger partial charge on any atom is -0.497 e. The molecule has 192 valence electrons. The van der Waals surface area contributed by atoms with Gasteiger partial charge in [0.2, 0.25) is 21.8 Å². The smallest absolute Gasteiger partial charge is 0.244 e. The van der Waals surface area contributed by atoms with Gasteiger partial charge in [-0.3, -0.25) is 13.9 Å². The van der Waals surface area contributed by atoms with Gasteiger partial charge in [-0.05, 0) is 56.2 Å². The monoisotopic (exact) mass is 527 g/mol. The number of nitrogens with zero attached hydrogens (tertiary/aromatic N) is 2. The van der Waals surface area contributed by atoms with E-state index in [0.29, 0.717) is 17.7 Å². The van der Waals surface area contributed by atoms with E-state index in [1.807, 2.05) is 13.8 Å². The zero-order valence-corrected chi connectivity index (χ0v) is 22.0. The molecule has 2 amide bonds. The number of halogens is 2. The second-order valence-corrected chi connectivity index (χ2v) is 10.6. The molecule has 0 unspecified atom stereocenters. The predicted octanol–water partition coefficient (Wildman–Crippen LogP) is 3.59. The maximum atomic E-state index is 13.7. The summed E-state index contributed by atoms with van der Waals surface area (Å²) in [6, 6.07) is 9.42. The topological polar surface area (TPSA) is 96.0 Å². The predicted molar refractivity (Wildman–Crippen MR) is 135 cm³/mol. The van der Waals surface area contributed by atoms with Crippen LogP contribution in [0.1, 0.15) is 32.8 Å². The lowest BCUT2D eigenvalue weighted by Crippen LogP contribution is -2.53. The molecule has 8 nitrogen and oxygen atoms in total. The average Bonchev–Trinajstić information content (AvgIpc) is 2.78. The number of carbonyl (C=O) groups is 2. The van der Waals surface area contributed by atoms with Crippen molar-refractivity contribution < 1.29 is 27.1 Å². The van der Waals surface area contributed by atoms with Crippen LogP contribution in [0.15, 0.2) is 42.5 Å². The molecule has 11 heteroatoms. The number of hydrogen-bond donors (Lipinski definition) is 1. The summed E-state index contributed by atoms with van der Waals surface area (Å²) in [4.78, 5) is 27.9. The summed E-state index contributed by atoms with van der Waals surface area (Å²) < 4.78 is 44.9. The number of hydrogen-bond acceptors (Lipinski definition) is 5. The number of benzene rings is 2. The maximum Gasteiger partial charge on any atom is 0.244 e. The van der Waals surface area contributed by atoms with E-state index in [1.165, 1.54) is 18.1 Å². The third-order valence-electron chi connectivity index (χ3n) is 5.17. The van der Waals surface area contributed by atoms with Gasteiger partial charge >= 0.3 is 0 Å². The van der Waals surface area contributed by atoms with Gasteiger partial charge in [-0.1, -0.05) is 30.7 Å². The minimum atomic E-state index is -3.95. The molecule has 2 rings (SSSR count). The third-order valence-corrected chi connectivity index (χ3v) is 6.60. The van der Waals surface area contributed by atoms with Crippen LogP contribution >= 0.6 is 11.6 Å². The van der Waals surface area contributed by atoms with Crippen LogP contribution < -0.4 is 14.4 Å². The highest BCUT2D eigenvalue weighted by atomic mass is 35.5. The Hall–Kier alpha value is -2.85. The molecule has 2 aromatic carbocycles. The van der Waals surface area contributed by atoms with Crippen LogP contribution in [0.5, 0.6) is 5.75 Å². The molecule has 0 fully saturated rings. The van der Waals surface area contributed by atoms with Gasteiger partial charge in [-0.25, -0.2) is 12.8 Å². The first-order chi connectivity index (χ1) is 16.4. The Kier molecular flexibility index (Phi) is 9.91. The molecule has 2 aromatic rings. The minimum absolute atomic E-state index is 0.0354. The Bertz CT molecular complexity index is 1160. The van der Waals surface area contributed by atoms with Crippen LogP contribution in [-0.2, 0) is 26.2 Å². The highest BCUT2D eigenvalue weighted by molar-refractivity contribution is 7.92. The normalized spacial score (nSPS) is 12.2. The quantitative estimate of drug-likeness (QED) is 0.482. The molecule has 0 spiro atoms.